The third-order valence-corrected chi connectivity index (χ3v) is 3.65. The molecule has 20 heavy (non-hydrogen) atoms. The van der Waals surface area contributed by atoms with Crippen molar-refractivity contribution in [3.05, 3.63) is 57.7 Å². The number of rotatable bonds is 4. The third kappa shape index (κ3) is 4.23. The second-order valence-corrected chi connectivity index (χ2v) is 5.93. The summed E-state index contributed by atoms with van der Waals surface area (Å²) in [6, 6.07) is 16.3. The quantitative estimate of drug-likeness (QED) is 0.771. The number of hydrogen-bond donors (Lipinski definition) is 2. The van der Waals surface area contributed by atoms with Crippen LogP contribution in [0.25, 0.3) is 0 Å². The Kier molecular flexibility index (Phi) is 5.00. The average molecular weight is 380 g/mol. The topological polar surface area (TPSA) is 41.1 Å². The molecule has 104 valence electrons. The van der Waals surface area contributed by atoms with E-state index in [1.807, 2.05) is 18.2 Å². The standard InChI is InChI=1S/C16H17IN2O/c1-11(18-15-8-6-14(17)7-9-15)13-4-3-5-16(10-13)19-12(2)20/h3-11,18H,1-2H3,(H,19,20). The van der Waals surface area contributed by atoms with E-state index >= 15 is 0 Å². The molecule has 0 aliphatic heterocycles. The Morgan fingerprint density at radius 2 is 1.80 bits per heavy atom. The summed E-state index contributed by atoms with van der Waals surface area (Å²) in [6.45, 7) is 3.62. The molecule has 2 aromatic carbocycles. The summed E-state index contributed by atoms with van der Waals surface area (Å²) < 4.78 is 1.22. The number of carbonyl (C=O) groups excluding carboxylic acids is 1. The van der Waals surface area contributed by atoms with E-state index in [9.17, 15) is 4.79 Å². The molecule has 0 saturated carbocycles. The minimum Gasteiger partial charge on any atom is -0.379 e. The highest BCUT2D eigenvalue weighted by Gasteiger charge is 2.06. The molecule has 2 rings (SSSR count). The van der Waals surface area contributed by atoms with Crippen molar-refractivity contribution < 1.29 is 4.79 Å². The van der Waals surface area contributed by atoms with Gasteiger partial charge in [-0.15, -0.1) is 0 Å². The van der Waals surface area contributed by atoms with Gasteiger partial charge in [-0.25, -0.2) is 0 Å². The van der Waals surface area contributed by atoms with Gasteiger partial charge in [-0.05, 0) is 71.5 Å². The van der Waals surface area contributed by atoms with Crippen LogP contribution in [0, 0.1) is 3.57 Å². The number of nitrogens with one attached hydrogen (secondary N) is 2. The second-order valence-electron chi connectivity index (χ2n) is 4.68. The number of amides is 1. The fraction of sp³-hybridized carbons (Fsp3) is 0.188. The molecule has 2 N–H and O–H groups in total. The van der Waals surface area contributed by atoms with Gasteiger partial charge in [0.25, 0.3) is 0 Å². The lowest BCUT2D eigenvalue weighted by molar-refractivity contribution is -0.114. The Morgan fingerprint density at radius 3 is 2.45 bits per heavy atom. The number of halogens is 1. The number of hydrogen-bond acceptors (Lipinski definition) is 2. The largest absolute Gasteiger partial charge is 0.379 e. The predicted octanol–water partition coefficient (Wildman–Crippen LogP) is 4.42. The molecule has 1 atom stereocenters. The monoisotopic (exact) mass is 380 g/mol. The van der Waals surface area contributed by atoms with E-state index < -0.39 is 0 Å². The van der Waals surface area contributed by atoms with E-state index in [1.54, 1.807) is 0 Å². The number of benzene rings is 2. The molecule has 0 aliphatic rings. The first kappa shape index (κ1) is 14.8. The maximum absolute atomic E-state index is 11.1. The minimum absolute atomic E-state index is 0.0552. The summed E-state index contributed by atoms with van der Waals surface area (Å²) in [7, 11) is 0. The van der Waals surface area contributed by atoms with Crippen molar-refractivity contribution in [2.75, 3.05) is 10.6 Å². The van der Waals surface area contributed by atoms with Gasteiger partial charge < -0.3 is 10.6 Å². The number of carbonyl (C=O) groups is 1. The van der Waals surface area contributed by atoms with Crippen LogP contribution in [-0.4, -0.2) is 5.91 Å². The highest BCUT2D eigenvalue weighted by molar-refractivity contribution is 14.1. The first-order valence-corrected chi connectivity index (χ1v) is 7.52. The smallest absolute Gasteiger partial charge is 0.221 e. The predicted molar refractivity (Wildman–Crippen MR) is 91.9 cm³/mol. The molecule has 3 nitrogen and oxygen atoms in total. The summed E-state index contributed by atoms with van der Waals surface area (Å²) in [4.78, 5) is 11.1. The van der Waals surface area contributed by atoms with Crippen molar-refractivity contribution in [3.63, 3.8) is 0 Å². The lowest BCUT2D eigenvalue weighted by Crippen LogP contribution is -2.09. The van der Waals surface area contributed by atoms with Gasteiger partial charge in [0, 0.05) is 27.9 Å². The third-order valence-electron chi connectivity index (χ3n) is 2.93. The zero-order valence-electron chi connectivity index (χ0n) is 11.5. The maximum Gasteiger partial charge on any atom is 0.221 e. The fourth-order valence-corrected chi connectivity index (χ4v) is 2.33. The summed E-state index contributed by atoms with van der Waals surface area (Å²) in [5.74, 6) is -0.0552. The summed E-state index contributed by atoms with van der Waals surface area (Å²) in [5, 5.41) is 6.25. The Balaban J connectivity index is 2.10. The molecule has 1 unspecified atom stereocenters. The van der Waals surface area contributed by atoms with Gasteiger partial charge >= 0.3 is 0 Å². The molecule has 0 aliphatic carbocycles. The van der Waals surface area contributed by atoms with Crippen molar-refractivity contribution in [3.8, 4) is 0 Å². The molecule has 0 aromatic heterocycles. The van der Waals surface area contributed by atoms with E-state index in [1.165, 1.54) is 10.5 Å². The zero-order valence-corrected chi connectivity index (χ0v) is 13.6. The average Bonchev–Trinajstić information content (AvgIpc) is 2.41. The van der Waals surface area contributed by atoms with E-state index in [-0.39, 0.29) is 11.9 Å². The van der Waals surface area contributed by atoms with Gasteiger partial charge in [0.15, 0.2) is 0 Å². The van der Waals surface area contributed by atoms with Crippen LogP contribution in [0.15, 0.2) is 48.5 Å². The Bertz CT molecular complexity index is 596. The molecular formula is C16H17IN2O. The van der Waals surface area contributed by atoms with E-state index in [2.05, 4.69) is 70.5 Å². The van der Waals surface area contributed by atoms with Crippen molar-refractivity contribution in [2.24, 2.45) is 0 Å². The van der Waals surface area contributed by atoms with Crippen molar-refractivity contribution in [2.45, 2.75) is 19.9 Å². The van der Waals surface area contributed by atoms with Gasteiger partial charge in [0.2, 0.25) is 5.91 Å². The lowest BCUT2D eigenvalue weighted by Gasteiger charge is -2.16. The highest BCUT2D eigenvalue weighted by Crippen LogP contribution is 2.22. The van der Waals surface area contributed by atoms with Crippen LogP contribution < -0.4 is 10.6 Å². The Morgan fingerprint density at radius 1 is 1.10 bits per heavy atom. The van der Waals surface area contributed by atoms with Crippen LogP contribution in [-0.2, 0) is 4.79 Å². The molecule has 0 heterocycles. The first-order valence-electron chi connectivity index (χ1n) is 6.44. The Labute approximate surface area is 132 Å². The van der Waals surface area contributed by atoms with E-state index in [0.29, 0.717) is 0 Å². The van der Waals surface area contributed by atoms with E-state index in [4.69, 9.17) is 0 Å². The molecule has 2 aromatic rings. The van der Waals surface area contributed by atoms with Crippen LogP contribution in [0.5, 0.6) is 0 Å². The molecule has 0 bridgehead atoms. The van der Waals surface area contributed by atoms with Crippen LogP contribution in [0.3, 0.4) is 0 Å². The van der Waals surface area contributed by atoms with Crippen LogP contribution in [0.4, 0.5) is 11.4 Å². The van der Waals surface area contributed by atoms with Gasteiger partial charge in [0.1, 0.15) is 0 Å². The number of anilines is 2. The molecule has 1 amide bonds. The summed E-state index contributed by atoms with van der Waals surface area (Å²) in [6.07, 6.45) is 0. The SMILES string of the molecule is CC(=O)Nc1cccc(C(C)Nc2ccc(I)cc2)c1. The molecule has 0 fully saturated rings. The van der Waals surface area contributed by atoms with Crippen molar-refractivity contribution >= 4 is 39.9 Å². The Hall–Kier alpha value is -1.56. The van der Waals surface area contributed by atoms with Crippen molar-refractivity contribution in [1.82, 2.24) is 0 Å². The zero-order chi connectivity index (χ0) is 14.5. The highest BCUT2D eigenvalue weighted by atomic mass is 127. The molecular weight excluding hydrogens is 363 g/mol. The second kappa shape index (κ2) is 6.74. The fourth-order valence-electron chi connectivity index (χ4n) is 1.97. The van der Waals surface area contributed by atoms with Crippen LogP contribution in [0.2, 0.25) is 0 Å². The summed E-state index contributed by atoms with van der Waals surface area (Å²) in [5.41, 5.74) is 3.05. The van der Waals surface area contributed by atoms with Crippen LogP contribution in [0.1, 0.15) is 25.5 Å². The van der Waals surface area contributed by atoms with Gasteiger partial charge in [-0.2, -0.15) is 0 Å². The van der Waals surface area contributed by atoms with Gasteiger partial charge in [-0.1, -0.05) is 12.1 Å². The minimum atomic E-state index is -0.0552. The van der Waals surface area contributed by atoms with Crippen molar-refractivity contribution in [1.29, 1.82) is 0 Å². The maximum atomic E-state index is 11.1. The molecule has 0 radical (unpaired) electrons. The molecule has 0 saturated heterocycles. The molecule has 4 heteroatoms. The van der Waals surface area contributed by atoms with E-state index in [0.717, 1.165) is 16.9 Å². The lowest BCUT2D eigenvalue weighted by atomic mass is 10.1. The normalized spacial score (nSPS) is 11.8. The first-order chi connectivity index (χ1) is 9.54. The molecule has 0 spiro atoms. The summed E-state index contributed by atoms with van der Waals surface area (Å²) >= 11 is 2.29. The van der Waals surface area contributed by atoms with Gasteiger partial charge in [0.05, 0.1) is 0 Å². The van der Waals surface area contributed by atoms with Crippen LogP contribution >= 0.6 is 22.6 Å². The van der Waals surface area contributed by atoms with Gasteiger partial charge in [-0.3, -0.25) is 4.79 Å².